The van der Waals surface area contributed by atoms with Crippen molar-refractivity contribution < 1.29 is 18.8 Å². The molecule has 0 bridgehead atoms. The fourth-order valence-electron chi connectivity index (χ4n) is 4.75. The lowest BCUT2D eigenvalue weighted by Gasteiger charge is -2.29. The van der Waals surface area contributed by atoms with Crippen LogP contribution in [-0.4, -0.2) is 27.5 Å². The number of imide groups is 1. The first kappa shape index (κ1) is 25.2. The Labute approximate surface area is 237 Å². The highest BCUT2D eigenvalue weighted by Gasteiger charge is 2.57. The Balaban J connectivity index is 1.38. The van der Waals surface area contributed by atoms with Gasteiger partial charge < -0.3 is 9.73 Å². The van der Waals surface area contributed by atoms with E-state index in [1.165, 1.54) is 15.7 Å². The standard InChI is InChI=1S/C26H17BrClN3O5S2/c27-13-3-9-16(10-4-13)31-23(33)20-19(17-2-1-11-36-17)22-25(37-21(20)24(31)34)30(26(35)38-22)12-18(32)29-15-7-5-14(28)6-8-15/h1-11,19-21H,12H2,(H,29,32)/t19-,20?,21?/m1/s1. The van der Waals surface area contributed by atoms with Gasteiger partial charge in [0, 0.05) is 15.2 Å². The van der Waals surface area contributed by atoms with Crippen molar-refractivity contribution in [2.24, 2.45) is 5.92 Å². The third-order valence-electron chi connectivity index (χ3n) is 6.41. The molecule has 0 aliphatic carbocycles. The molecule has 2 aliphatic rings. The van der Waals surface area contributed by atoms with Gasteiger partial charge in [0.25, 0.3) is 0 Å². The Morgan fingerprint density at radius 1 is 1.03 bits per heavy atom. The fourth-order valence-corrected chi connectivity index (χ4v) is 7.90. The number of aromatic nitrogens is 1. The normalized spacial score (nSPS) is 20.4. The van der Waals surface area contributed by atoms with Crippen LogP contribution in [0.25, 0.3) is 0 Å². The molecule has 2 aliphatic heterocycles. The third kappa shape index (κ3) is 4.33. The van der Waals surface area contributed by atoms with E-state index in [4.69, 9.17) is 16.0 Å². The smallest absolute Gasteiger partial charge is 0.308 e. The molecule has 1 fully saturated rings. The van der Waals surface area contributed by atoms with Crippen LogP contribution in [0.15, 0.2) is 85.6 Å². The summed E-state index contributed by atoms with van der Waals surface area (Å²) in [6, 6.07) is 17.0. The van der Waals surface area contributed by atoms with Crippen LogP contribution in [0.4, 0.5) is 11.4 Å². The molecule has 38 heavy (non-hydrogen) atoms. The second kappa shape index (κ2) is 9.88. The second-order valence-corrected chi connectivity index (χ2v) is 12.2. The summed E-state index contributed by atoms with van der Waals surface area (Å²) in [7, 11) is 0. The van der Waals surface area contributed by atoms with Crippen molar-refractivity contribution in [3.63, 3.8) is 0 Å². The number of anilines is 2. The zero-order valence-corrected chi connectivity index (χ0v) is 23.3. The predicted molar refractivity (Wildman–Crippen MR) is 149 cm³/mol. The lowest BCUT2D eigenvalue weighted by Crippen LogP contribution is -2.32. The summed E-state index contributed by atoms with van der Waals surface area (Å²) in [5.74, 6) is -2.04. The average molecular weight is 631 g/mol. The summed E-state index contributed by atoms with van der Waals surface area (Å²) in [5.41, 5.74) is 1.01. The van der Waals surface area contributed by atoms with E-state index in [9.17, 15) is 19.2 Å². The number of rotatable bonds is 5. The van der Waals surface area contributed by atoms with Crippen LogP contribution in [0, 0.1) is 5.92 Å². The van der Waals surface area contributed by atoms with E-state index in [1.54, 1.807) is 60.7 Å². The lowest BCUT2D eigenvalue weighted by molar-refractivity contribution is -0.122. The highest BCUT2D eigenvalue weighted by atomic mass is 79.9. The van der Waals surface area contributed by atoms with Gasteiger partial charge in [0.15, 0.2) is 0 Å². The molecule has 192 valence electrons. The highest BCUT2D eigenvalue weighted by molar-refractivity contribution is 9.10. The van der Waals surface area contributed by atoms with Crippen molar-refractivity contribution in [1.82, 2.24) is 4.57 Å². The number of nitrogens with one attached hydrogen (secondary N) is 1. The van der Waals surface area contributed by atoms with Crippen molar-refractivity contribution in [3.8, 4) is 0 Å². The Morgan fingerprint density at radius 3 is 2.45 bits per heavy atom. The number of thiazole rings is 1. The van der Waals surface area contributed by atoms with Crippen LogP contribution >= 0.6 is 50.6 Å². The minimum Gasteiger partial charge on any atom is -0.469 e. The first-order chi connectivity index (χ1) is 18.3. The van der Waals surface area contributed by atoms with Gasteiger partial charge in [0.05, 0.1) is 33.7 Å². The number of carbonyl (C=O) groups is 3. The van der Waals surface area contributed by atoms with Gasteiger partial charge in [-0.3, -0.25) is 23.7 Å². The van der Waals surface area contributed by atoms with Crippen LogP contribution in [0.1, 0.15) is 16.6 Å². The number of halogens is 2. The Kier molecular flexibility index (Phi) is 6.55. The summed E-state index contributed by atoms with van der Waals surface area (Å²) >= 11 is 11.4. The summed E-state index contributed by atoms with van der Waals surface area (Å²) < 4.78 is 7.89. The van der Waals surface area contributed by atoms with Crippen molar-refractivity contribution in [2.75, 3.05) is 10.2 Å². The number of thioether (sulfide) groups is 1. The maximum Gasteiger partial charge on any atom is 0.308 e. The number of carbonyl (C=O) groups excluding carboxylic acids is 3. The molecule has 3 atom stereocenters. The SMILES string of the molecule is O=C(Cn1c2c(sc1=O)[C@H](c1ccco1)C1C(=O)N(c3ccc(Br)cc3)C(=O)C1S2)Nc1ccc(Cl)cc1. The first-order valence-electron chi connectivity index (χ1n) is 11.4. The fraction of sp³-hybridized carbons (Fsp3) is 0.154. The number of amides is 3. The van der Waals surface area contributed by atoms with Crippen LogP contribution in [-0.2, 0) is 20.9 Å². The van der Waals surface area contributed by atoms with Gasteiger partial charge in [0.1, 0.15) is 17.6 Å². The van der Waals surface area contributed by atoms with E-state index in [1.807, 2.05) is 0 Å². The van der Waals surface area contributed by atoms with Crippen molar-refractivity contribution >= 4 is 79.7 Å². The van der Waals surface area contributed by atoms with E-state index >= 15 is 0 Å². The number of furan rings is 1. The van der Waals surface area contributed by atoms with Crippen LogP contribution < -0.4 is 15.1 Å². The molecule has 0 radical (unpaired) electrons. The molecule has 0 saturated carbocycles. The highest BCUT2D eigenvalue weighted by Crippen LogP contribution is 2.53. The number of hydrogen-bond acceptors (Lipinski definition) is 7. The molecule has 2 unspecified atom stereocenters. The molecule has 8 nitrogen and oxygen atoms in total. The molecule has 1 saturated heterocycles. The number of hydrogen-bond donors (Lipinski definition) is 1. The second-order valence-electron chi connectivity index (χ2n) is 8.72. The van der Waals surface area contributed by atoms with Crippen molar-refractivity contribution in [1.29, 1.82) is 0 Å². The van der Waals surface area contributed by atoms with Crippen molar-refractivity contribution in [2.45, 2.75) is 22.7 Å². The molecule has 2 aromatic heterocycles. The van der Waals surface area contributed by atoms with E-state index in [0.717, 1.165) is 27.6 Å². The van der Waals surface area contributed by atoms with Gasteiger partial charge in [-0.1, -0.05) is 50.6 Å². The van der Waals surface area contributed by atoms with Crippen LogP contribution in [0.3, 0.4) is 0 Å². The molecule has 0 spiro atoms. The Hall–Kier alpha value is -3.12. The average Bonchev–Trinajstić information content (AvgIpc) is 3.59. The Morgan fingerprint density at radius 2 is 1.76 bits per heavy atom. The van der Waals surface area contributed by atoms with Crippen LogP contribution in [0.5, 0.6) is 0 Å². The molecule has 1 N–H and O–H groups in total. The summed E-state index contributed by atoms with van der Waals surface area (Å²) in [5, 5.41) is 3.01. The quantitative estimate of drug-likeness (QED) is 0.298. The molecular formula is C26H17BrClN3O5S2. The largest absolute Gasteiger partial charge is 0.469 e. The lowest BCUT2D eigenvalue weighted by atomic mass is 9.87. The maximum atomic E-state index is 13.7. The summed E-state index contributed by atoms with van der Waals surface area (Å²) in [6.45, 7) is -0.249. The van der Waals surface area contributed by atoms with E-state index in [-0.39, 0.29) is 23.2 Å². The van der Waals surface area contributed by atoms with E-state index in [0.29, 0.717) is 32.1 Å². The Bertz CT molecular complexity index is 1620. The van der Waals surface area contributed by atoms with Crippen LogP contribution in [0.2, 0.25) is 5.02 Å². The van der Waals surface area contributed by atoms with Gasteiger partial charge in [0.2, 0.25) is 17.7 Å². The topological polar surface area (TPSA) is 102 Å². The molecule has 4 heterocycles. The van der Waals surface area contributed by atoms with Gasteiger partial charge in [-0.2, -0.15) is 0 Å². The number of fused-ring (bicyclic) bond motifs is 2. The number of nitrogens with zero attached hydrogens (tertiary/aromatic N) is 2. The maximum absolute atomic E-state index is 13.7. The predicted octanol–water partition coefficient (Wildman–Crippen LogP) is 5.35. The van der Waals surface area contributed by atoms with Crippen molar-refractivity contribution in [3.05, 3.63) is 96.7 Å². The summed E-state index contributed by atoms with van der Waals surface area (Å²) in [6.07, 6.45) is 1.50. The molecular weight excluding hydrogens is 614 g/mol. The zero-order chi connectivity index (χ0) is 26.6. The third-order valence-corrected chi connectivity index (χ3v) is 9.80. The minimum atomic E-state index is -0.784. The van der Waals surface area contributed by atoms with E-state index < -0.39 is 23.0 Å². The van der Waals surface area contributed by atoms with Gasteiger partial charge in [-0.05, 0) is 60.7 Å². The molecule has 3 amide bonds. The molecule has 2 aromatic carbocycles. The summed E-state index contributed by atoms with van der Waals surface area (Å²) in [4.78, 5) is 54.8. The number of benzene rings is 2. The first-order valence-corrected chi connectivity index (χ1v) is 14.3. The van der Waals surface area contributed by atoms with Gasteiger partial charge >= 0.3 is 4.87 Å². The van der Waals surface area contributed by atoms with Gasteiger partial charge in [-0.25, -0.2) is 4.90 Å². The zero-order valence-electron chi connectivity index (χ0n) is 19.3. The van der Waals surface area contributed by atoms with Gasteiger partial charge in [-0.15, -0.1) is 0 Å². The molecule has 6 rings (SSSR count). The molecule has 12 heteroatoms. The minimum absolute atomic E-state index is 0.249. The monoisotopic (exact) mass is 629 g/mol. The molecule has 4 aromatic rings. The van der Waals surface area contributed by atoms with E-state index in [2.05, 4.69) is 21.2 Å².